The summed E-state index contributed by atoms with van der Waals surface area (Å²) in [5.74, 6) is 0. The molecule has 0 aliphatic carbocycles. The number of benzene rings is 6. The Labute approximate surface area is 270 Å². The average Bonchev–Trinajstić information content (AvgIpc) is 3.53. The van der Waals surface area contributed by atoms with Crippen molar-refractivity contribution in [2.75, 3.05) is 0 Å². The number of hydrogen-bond donors (Lipinski definition) is 0. The zero-order valence-corrected chi connectivity index (χ0v) is 25.3. The van der Waals surface area contributed by atoms with Crippen molar-refractivity contribution in [2.45, 2.75) is 0 Å². The molecular formula is C43H26N4. The Morgan fingerprint density at radius 3 is 1.74 bits per heavy atom. The number of imidazole rings is 1. The summed E-state index contributed by atoms with van der Waals surface area (Å²) in [5, 5.41) is 9.26. The molecule has 0 saturated carbocycles. The zero-order chi connectivity index (χ0) is 30.9. The molecule has 10 aromatic rings. The molecule has 0 fully saturated rings. The van der Waals surface area contributed by atoms with Crippen molar-refractivity contribution in [3.05, 3.63) is 158 Å². The second-order valence-corrected chi connectivity index (χ2v) is 12.1. The van der Waals surface area contributed by atoms with Crippen LogP contribution in [0.3, 0.4) is 0 Å². The van der Waals surface area contributed by atoms with Crippen LogP contribution in [-0.4, -0.2) is 19.4 Å². The van der Waals surface area contributed by atoms with E-state index in [4.69, 9.17) is 15.0 Å². The fourth-order valence-electron chi connectivity index (χ4n) is 7.18. The smallest absolute Gasteiger partial charge is 0.138 e. The van der Waals surface area contributed by atoms with E-state index in [1.807, 2.05) is 30.5 Å². The molecule has 0 amide bonds. The fourth-order valence-corrected chi connectivity index (χ4v) is 7.18. The highest BCUT2D eigenvalue weighted by Crippen LogP contribution is 2.41. The van der Waals surface area contributed by atoms with Gasteiger partial charge in [-0.05, 0) is 39.9 Å². The molecule has 4 heteroatoms. The Morgan fingerprint density at radius 2 is 1.04 bits per heavy atom. The Bertz CT molecular complexity index is 2750. The number of aromatic nitrogens is 4. The van der Waals surface area contributed by atoms with Crippen LogP contribution in [0.2, 0.25) is 0 Å². The van der Waals surface area contributed by atoms with Crippen molar-refractivity contribution < 1.29 is 0 Å². The van der Waals surface area contributed by atoms with Gasteiger partial charge < -0.3 is 0 Å². The van der Waals surface area contributed by atoms with Gasteiger partial charge in [0.05, 0.1) is 22.4 Å². The van der Waals surface area contributed by atoms with E-state index in [-0.39, 0.29) is 0 Å². The van der Waals surface area contributed by atoms with Gasteiger partial charge in [-0.3, -0.25) is 9.38 Å². The lowest BCUT2D eigenvalue weighted by molar-refractivity contribution is 1.19. The second-order valence-electron chi connectivity index (χ2n) is 12.1. The quantitative estimate of drug-likeness (QED) is 0.150. The topological polar surface area (TPSA) is 43.1 Å². The predicted octanol–water partition coefficient (Wildman–Crippen LogP) is 10.9. The van der Waals surface area contributed by atoms with E-state index in [1.54, 1.807) is 0 Å². The first-order valence-corrected chi connectivity index (χ1v) is 15.9. The van der Waals surface area contributed by atoms with Crippen molar-refractivity contribution in [1.29, 1.82) is 0 Å². The highest BCUT2D eigenvalue weighted by atomic mass is 15.0. The van der Waals surface area contributed by atoms with Crippen molar-refractivity contribution in [2.24, 2.45) is 0 Å². The Balaban J connectivity index is 1.21. The van der Waals surface area contributed by atoms with Crippen LogP contribution in [0.25, 0.3) is 93.5 Å². The summed E-state index contributed by atoms with van der Waals surface area (Å²) in [5.41, 5.74) is 9.12. The highest BCUT2D eigenvalue weighted by Gasteiger charge is 2.19. The molecule has 0 spiro atoms. The normalized spacial score (nSPS) is 11.8. The molecule has 0 aliphatic rings. The monoisotopic (exact) mass is 598 g/mol. The molecule has 4 heterocycles. The molecule has 6 aromatic carbocycles. The SMILES string of the molecule is c1ccc2cc(-c3nc4ccccn4c3-c3ccc(-c4c5ccc6ccccc6c5nc5c4ccc4ccccc45)cc3)ncc2c1. The Hall–Kier alpha value is -6.39. The van der Waals surface area contributed by atoms with Gasteiger partial charge in [0.1, 0.15) is 11.3 Å². The maximum atomic E-state index is 5.36. The molecule has 4 aromatic heterocycles. The number of rotatable bonds is 3. The molecule has 0 radical (unpaired) electrons. The van der Waals surface area contributed by atoms with Gasteiger partial charge in [0, 0.05) is 50.5 Å². The average molecular weight is 599 g/mol. The number of nitrogens with zero attached hydrogens (tertiary/aromatic N) is 4. The molecule has 0 saturated heterocycles. The van der Waals surface area contributed by atoms with Crippen LogP contribution in [0.4, 0.5) is 0 Å². The highest BCUT2D eigenvalue weighted by molar-refractivity contribution is 6.21. The van der Waals surface area contributed by atoms with Gasteiger partial charge in [-0.25, -0.2) is 9.97 Å². The lowest BCUT2D eigenvalue weighted by Crippen LogP contribution is -1.93. The lowest BCUT2D eigenvalue weighted by Gasteiger charge is -2.15. The van der Waals surface area contributed by atoms with Crippen molar-refractivity contribution in [1.82, 2.24) is 19.4 Å². The molecule has 0 aliphatic heterocycles. The van der Waals surface area contributed by atoms with E-state index in [1.165, 1.54) is 16.3 Å². The van der Waals surface area contributed by atoms with Gasteiger partial charge in [0.15, 0.2) is 0 Å². The minimum atomic E-state index is 0.858. The van der Waals surface area contributed by atoms with Crippen LogP contribution < -0.4 is 0 Å². The molecular weight excluding hydrogens is 573 g/mol. The first-order valence-electron chi connectivity index (χ1n) is 15.9. The molecule has 0 N–H and O–H groups in total. The van der Waals surface area contributed by atoms with Gasteiger partial charge in [-0.15, -0.1) is 0 Å². The third kappa shape index (κ3) is 3.98. The number of fused-ring (bicyclic) bond motifs is 8. The maximum absolute atomic E-state index is 5.36. The zero-order valence-electron chi connectivity index (χ0n) is 25.3. The Kier molecular flexibility index (Phi) is 5.54. The van der Waals surface area contributed by atoms with Crippen molar-refractivity contribution in [3.8, 4) is 33.8 Å². The largest absolute Gasteiger partial charge is 0.299 e. The van der Waals surface area contributed by atoms with Crippen molar-refractivity contribution in [3.63, 3.8) is 0 Å². The van der Waals surface area contributed by atoms with Gasteiger partial charge in [-0.2, -0.15) is 0 Å². The summed E-state index contributed by atoms with van der Waals surface area (Å²) in [6, 6.07) is 51.5. The first-order chi connectivity index (χ1) is 23.3. The van der Waals surface area contributed by atoms with Crippen LogP contribution in [0.5, 0.6) is 0 Å². The molecule has 218 valence electrons. The van der Waals surface area contributed by atoms with Crippen LogP contribution >= 0.6 is 0 Å². The van der Waals surface area contributed by atoms with E-state index >= 15 is 0 Å². The summed E-state index contributed by atoms with van der Waals surface area (Å²) in [4.78, 5) is 15.3. The molecule has 0 atom stereocenters. The van der Waals surface area contributed by atoms with Crippen LogP contribution in [0.1, 0.15) is 0 Å². The predicted molar refractivity (Wildman–Crippen MR) is 195 cm³/mol. The van der Waals surface area contributed by atoms with Crippen LogP contribution in [0.15, 0.2) is 158 Å². The summed E-state index contributed by atoms with van der Waals surface area (Å²) < 4.78 is 2.16. The van der Waals surface area contributed by atoms with Gasteiger partial charge >= 0.3 is 0 Å². The molecule has 10 rings (SSSR count). The minimum absolute atomic E-state index is 0.858. The first kappa shape index (κ1) is 25.9. The van der Waals surface area contributed by atoms with E-state index in [9.17, 15) is 0 Å². The third-order valence-electron chi connectivity index (χ3n) is 9.41. The fraction of sp³-hybridized carbons (Fsp3) is 0. The van der Waals surface area contributed by atoms with Crippen molar-refractivity contribution >= 4 is 59.8 Å². The van der Waals surface area contributed by atoms with Crippen LogP contribution in [-0.2, 0) is 0 Å². The van der Waals surface area contributed by atoms with Gasteiger partial charge in [-0.1, -0.05) is 127 Å². The molecule has 4 nitrogen and oxygen atoms in total. The molecule has 0 bridgehead atoms. The summed E-state index contributed by atoms with van der Waals surface area (Å²) in [6.07, 6.45) is 4.02. The minimum Gasteiger partial charge on any atom is -0.299 e. The van der Waals surface area contributed by atoms with Gasteiger partial charge in [0.2, 0.25) is 0 Å². The third-order valence-corrected chi connectivity index (χ3v) is 9.41. The number of pyridine rings is 3. The molecule has 47 heavy (non-hydrogen) atoms. The van der Waals surface area contributed by atoms with E-state index in [0.29, 0.717) is 0 Å². The van der Waals surface area contributed by atoms with E-state index < -0.39 is 0 Å². The summed E-state index contributed by atoms with van der Waals surface area (Å²) in [7, 11) is 0. The lowest BCUT2D eigenvalue weighted by atomic mass is 9.92. The maximum Gasteiger partial charge on any atom is 0.138 e. The summed E-state index contributed by atoms with van der Waals surface area (Å²) in [6.45, 7) is 0. The van der Waals surface area contributed by atoms with Crippen LogP contribution in [0, 0.1) is 0 Å². The molecule has 0 unspecified atom stereocenters. The standard InChI is InChI=1S/C43H26N4/c1-2-12-32-26-44-37(25-31(32)11-1)42-43(47-24-8-7-15-38(47)45-42)30-18-16-29(17-19-30)39-35-22-20-27-9-3-5-13-33(27)40(35)46-41-34-14-6-4-10-28(34)21-23-36(39)41/h1-26H. The summed E-state index contributed by atoms with van der Waals surface area (Å²) >= 11 is 0. The Morgan fingerprint density at radius 1 is 0.447 bits per heavy atom. The number of hydrogen-bond acceptors (Lipinski definition) is 3. The second kappa shape index (κ2) is 10.1. The van der Waals surface area contributed by atoms with E-state index in [0.717, 1.165) is 77.2 Å². The van der Waals surface area contributed by atoms with E-state index in [2.05, 4.69) is 132 Å². The van der Waals surface area contributed by atoms with Gasteiger partial charge in [0.25, 0.3) is 0 Å².